The average molecular weight is 400 g/mol. The molecular formula is C20H20N2O5S. The lowest BCUT2D eigenvalue weighted by atomic mass is 9.80. The van der Waals surface area contributed by atoms with E-state index in [1.807, 2.05) is 30.3 Å². The molecule has 1 heterocycles. The highest BCUT2D eigenvalue weighted by Crippen LogP contribution is 2.42. The number of esters is 1. The lowest BCUT2D eigenvalue weighted by Crippen LogP contribution is -2.47. The van der Waals surface area contributed by atoms with Crippen LogP contribution in [0, 0.1) is 10.1 Å². The van der Waals surface area contributed by atoms with Gasteiger partial charge in [0.25, 0.3) is 0 Å². The zero-order valence-electron chi connectivity index (χ0n) is 15.5. The summed E-state index contributed by atoms with van der Waals surface area (Å²) in [5.41, 5.74) is 0.140. The zero-order chi connectivity index (χ0) is 20.1. The topological polar surface area (TPSA) is 91.0 Å². The molecule has 0 N–H and O–H groups in total. The molecule has 28 heavy (non-hydrogen) atoms. The van der Waals surface area contributed by atoms with Crippen molar-refractivity contribution in [2.75, 3.05) is 26.5 Å². The van der Waals surface area contributed by atoms with Crippen LogP contribution < -0.4 is 4.74 Å². The minimum absolute atomic E-state index is 0.272. The number of hydrogen-bond donors (Lipinski definition) is 0. The number of hydrogen-bond acceptors (Lipinski definition) is 7. The first-order valence-corrected chi connectivity index (χ1v) is 9.61. The maximum atomic E-state index is 12.8. The van der Waals surface area contributed by atoms with Gasteiger partial charge in [-0.05, 0) is 17.7 Å². The Morgan fingerprint density at radius 2 is 1.89 bits per heavy atom. The Hall–Kier alpha value is -2.87. The van der Waals surface area contributed by atoms with Gasteiger partial charge in [0, 0.05) is 16.2 Å². The van der Waals surface area contributed by atoms with E-state index in [0.29, 0.717) is 16.4 Å². The minimum Gasteiger partial charge on any atom is -0.497 e. The molecule has 8 heteroatoms. The average Bonchev–Trinajstić information content (AvgIpc) is 3.18. The Kier molecular flexibility index (Phi) is 5.99. The van der Waals surface area contributed by atoms with Crippen molar-refractivity contribution < 1.29 is 19.2 Å². The van der Waals surface area contributed by atoms with Crippen LogP contribution in [0.3, 0.4) is 0 Å². The van der Waals surface area contributed by atoms with Crippen molar-refractivity contribution in [3.05, 3.63) is 75.8 Å². The number of carbonyl (C=O) groups excluding carboxylic acids is 1. The lowest BCUT2D eigenvalue weighted by Gasteiger charge is -2.29. The number of thioether (sulfide) groups is 1. The summed E-state index contributed by atoms with van der Waals surface area (Å²) in [5, 5.41) is 12.1. The standard InChI is InChI=1S/C20H20N2O5S/c1-26-16-10-8-14(9-11-16)17(12-22(24)25)20(19(23)27-2)13-28-18(21-20)15-6-4-3-5-7-15/h3-11,17H,12-13H2,1-2H3/t17-,20+/m1/s1. The lowest BCUT2D eigenvalue weighted by molar-refractivity contribution is -0.484. The molecule has 0 unspecified atom stereocenters. The summed E-state index contributed by atoms with van der Waals surface area (Å²) in [7, 11) is 2.82. The number of benzene rings is 2. The van der Waals surface area contributed by atoms with E-state index in [2.05, 4.69) is 0 Å². The predicted octanol–water partition coefficient (Wildman–Crippen LogP) is 3.16. The largest absolute Gasteiger partial charge is 0.497 e. The van der Waals surface area contributed by atoms with Crippen molar-refractivity contribution in [3.63, 3.8) is 0 Å². The summed E-state index contributed by atoms with van der Waals surface area (Å²) < 4.78 is 10.2. The molecule has 0 saturated heterocycles. The second kappa shape index (κ2) is 8.43. The molecule has 2 aromatic carbocycles. The molecule has 7 nitrogen and oxygen atoms in total. The van der Waals surface area contributed by atoms with Crippen LogP contribution in [0.15, 0.2) is 59.6 Å². The van der Waals surface area contributed by atoms with Gasteiger partial charge < -0.3 is 9.47 Å². The van der Waals surface area contributed by atoms with E-state index >= 15 is 0 Å². The molecule has 0 aromatic heterocycles. The Bertz CT molecular complexity index is 885. The van der Waals surface area contributed by atoms with Crippen molar-refractivity contribution in [1.82, 2.24) is 0 Å². The minimum atomic E-state index is -1.37. The van der Waals surface area contributed by atoms with Gasteiger partial charge in [-0.3, -0.25) is 15.1 Å². The summed E-state index contributed by atoms with van der Waals surface area (Å²) in [6.45, 7) is -0.437. The Labute approximate surface area is 166 Å². The Morgan fingerprint density at radius 1 is 1.21 bits per heavy atom. The van der Waals surface area contributed by atoms with Gasteiger partial charge >= 0.3 is 5.97 Å². The Morgan fingerprint density at radius 3 is 2.46 bits per heavy atom. The molecule has 0 radical (unpaired) electrons. The first-order valence-electron chi connectivity index (χ1n) is 8.62. The fraction of sp³-hybridized carbons (Fsp3) is 0.300. The van der Waals surface area contributed by atoms with Crippen LogP contribution >= 0.6 is 11.8 Å². The van der Waals surface area contributed by atoms with E-state index in [1.54, 1.807) is 31.4 Å². The van der Waals surface area contributed by atoms with Gasteiger partial charge in [-0.1, -0.05) is 42.5 Å². The van der Waals surface area contributed by atoms with Crippen LogP contribution in [0.2, 0.25) is 0 Å². The molecule has 0 fully saturated rings. The van der Waals surface area contributed by atoms with Crippen molar-refractivity contribution in [1.29, 1.82) is 0 Å². The normalized spacial score (nSPS) is 19.6. The van der Waals surface area contributed by atoms with Gasteiger partial charge in [0.1, 0.15) is 5.75 Å². The van der Waals surface area contributed by atoms with Crippen molar-refractivity contribution >= 4 is 22.8 Å². The monoisotopic (exact) mass is 400 g/mol. The molecule has 3 rings (SSSR count). The van der Waals surface area contributed by atoms with Crippen molar-refractivity contribution in [2.24, 2.45) is 4.99 Å². The molecule has 0 aliphatic carbocycles. The second-order valence-electron chi connectivity index (χ2n) is 6.33. The van der Waals surface area contributed by atoms with Crippen LogP contribution in [-0.4, -0.2) is 48.0 Å². The fourth-order valence-electron chi connectivity index (χ4n) is 3.27. The van der Waals surface area contributed by atoms with Crippen molar-refractivity contribution in [3.8, 4) is 5.75 Å². The first-order chi connectivity index (χ1) is 13.5. The van der Waals surface area contributed by atoms with E-state index in [0.717, 1.165) is 5.56 Å². The van der Waals surface area contributed by atoms with Gasteiger partial charge in [0.15, 0.2) is 5.54 Å². The molecular weight excluding hydrogens is 380 g/mol. The summed E-state index contributed by atoms with van der Waals surface area (Å²) in [6, 6.07) is 16.4. The summed E-state index contributed by atoms with van der Waals surface area (Å²) in [4.78, 5) is 28.6. The Balaban J connectivity index is 2.10. The van der Waals surface area contributed by atoms with Gasteiger partial charge in [-0.15, -0.1) is 11.8 Å². The summed E-state index contributed by atoms with van der Waals surface area (Å²) in [6.07, 6.45) is 0. The smallest absolute Gasteiger partial charge is 0.335 e. The number of rotatable bonds is 7. The molecule has 0 amide bonds. The van der Waals surface area contributed by atoms with E-state index in [4.69, 9.17) is 14.5 Å². The summed E-state index contributed by atoms with van der Waals surface area (Å²) in [5.74, 6) is -0.442. The molecule has 1 aliphatic heterocycles. The number of methoxy groups -OCH3 is 2. The number of carbonyl (C=O) groups is 1. The van der Waals surface area contributed by atoms with Crippen LogP contribution in [0.25, 0.3) is 0 Å². The van der Waals surface area contributed by atoms with Crippen LogP contribution in [0.1, 0.15) is 17.0 Å². The molecule has 0 spiro atoms. The quantitative estimate of drug-likeness (QED) is 0.403. The highest BCUT2D eigenvalue weighted by molar-refractivity contribution is 8.14. The van der Waals surface area contributed by atoms with E-state index in [9.17, 15) is 14.9 Å². The number of nitro groups is 1. The highest BCUT2D eigenvalue weighted by Gasteiger charge is 2.53. The maximum absolute atomic E-state index is 12.8. The van der Waals surface area contributed by atoms with Gasteiger partial charge in [-0.25, -0.2) is 4.79 Å². The van der Waals surface area contributed by atoms with Crippen LogP contribution in [0.5, 0.6) is 5.75 Å². The van der Waals surface area contributed by atoms with Crippen LogP contribution in [0.4, 0.5) is 0 Å². The van der Waals surface area contributed by atoms with Gasteiger partial charge in [0.05, 0.1) is 25.2 Å². The predicted molar refractivity (Wildman–Crippen MR) is 108 cm³/mol. The molecule has 1 aliphatic rings. The fourth-order valence-corrected chi connectivity index (χ4v) is 4.54. The third kappa shape index (κ3) is 3.87. The summed E-state index contributed by atoms with van der Waals surface area (Å²) >= 11 is 1.41. The second-order valence-corrected chi connectivity index (χ2v) is 7.29. The van der Waals surface area contributed by atoms with Crippen molar-refractivity contribution in [2.45, 2.75) is 11.5 Å². The first kappa shape index (κ1) is 19.9. The van der Waals surface area contributed by atoms with Gasteiger partial charge in [0.2, 0.25) is 6.54 Å². The molecule has 146 valence electrons. The number of aliphatic imine (C=N–C) groups is 1. The van der Waals surface area contributed by atoms with E-state index in [1.165, 1.54) is 18.9 Å². The molecule has 0 bridgehead atoms. The molecule has 2 atom stereocenters. The highest BCUT2D eigenvalue weighted by atomic mass is 32.2. The molecule has 2 aromatic rings. The maximum Gasteiger partial charge on any atom is 0.335 e. The van der Waals surface area contributed by atoms with E-state index in [-0.39, 0.29) is 5.75 Å². The number of ether oxygens (including phenoxy) is 2. The third-order valence-corrected chi connectivity index (χ3v) is 5.90. The zero-order valence-corrected chi connectivity index (χ0v) is 16.3. The van der Waals surface area contributed by atoms with Gasteiger partial charge in [-0.2, -0.15) is 0 Å². The third-order valence-electron chi connectivity index (χ3n) is 4.72. The number of nitrogens with zero attached hydrogens (tertiary/aromatic N) is 2. The van der Waals surface area contributed by atoms with Crippen LogP contribution in [-0.2, 0) is 9.53 Å². The molecule has 0 saturated carbocycles. The van der Waals surface area contributed by atoms with E-state index < -0.39 is 28.9 Å². The SMILES string of the molecule is COC(=O)[C@@]1([C@H](C[N+](=O)[O-])c2ccc(OC)cc2)CSC(c2ccccc2)=N1.